The van der Waals surface area contributed by atoms with Crippen molar-refractivity contribution in [2.75, 3.05) is 31.5 Å². The van der Waals surface area contributed by atoms with Crippen LogP contribution in [0.15, 0.2) is 47.5 Å². The molecule has 0 bridgehead atoms. The van der Waals surface area contributed by atoms with Crippen molar-refractivity contribution in [3.05, 3.63) is 59.4 Å². The maximum absolute atomic E-state index is 13.2. The molecule has 34 heavy (non-hydrogen) atoms. The van der Waals surface area contributed by atoms with Crippen LogP contribution in [0, 0.1) is 6.92 Å². The first-order valence-corrected chi connectivity index (χ1v) is 12.5. The molecule has 3 aromatic rings. The van der Waals surface area contributed by atoms with Crippen LogP contribution in [0.2, 0.25) is 0 Å². The molecule has 1 aliphatic heterocycles. The van der Waals surface area contributed by atoms with E-state index in [0.29, 0.717) is 32.5 Å². The molecular formula is C23H26F3N5O2S. The number of anilines is 1. The maximum atomic E-state index is 13.2. The molecule has 0 aliphatic carbocycles. The van der Waals surface area contributed by atoms with E-state index in [1.165, 1.54) is 0 Å². The first-order chi connectivity index (χ1) is 16.0. The largest absolute Gasteiger partial charge is 0.416 e. The van der Waals surface area contributed by atoms with Crippen molar-refractivity contribution in [1.29, 1.82) is 0 Å². The number of likely N-dealkylation sites (tertiary alicyclic amines) is 1. The fourth-order valence-corrected chi connectivity index (χ4v) is 5.22. The van der Waals surface area contributed by atoms with Crippen molar-refractivity contribution in [3.8, 4) is 0 Å². The minimum absolute atomic E-state index is 0.153. The number of halogens is 3. The second-order valence-corrected chi connectivity index (χ2v) is 10.0. The van der Waals surface area contributed by atoms with Crippen molar-refractivity contribution in [2.24, 2.45) is 5.14 Å². The molecule has 0 unspecified atom stereocenters. The van der Waals surface area contributed by atoms with Crippen LogP contribution in [0.4, 0.5) is 19.0 Å². The van der Waals surface area contributed by atoms with Gasteiger partial charge in [-0.2, -0.15) is 13.2 Å². The zero-order valence-electron chi connectivity index (χ0n) is 18.6. The van der Waals surface area contributed by atoms with Crippen molar-refractivity contribution >= 4 is 26.7 Å². The van der Waals surface area contributed by atoms with Gasteiger partial charge in [0, 0.05) is 30.4 Å². The molecule has 182 valence electrons. The average Bonchev–Trinajstić information content (AvgIpc) is 2.78. The van der Waals surface area contributed by atoms with E-state index in [2.05, 4.69) is 20.2 Å². The number of sulfonamides is 1. The number of hydrogen-bond donors (Lipinski definition) is 2. The van der Waals surface area contributed by atoms with Crippen LogP contribution < -0.4 is 10.5 Å². The molecule has 1 saturated heterocycles. The smallest absolute Gasteiger partial charge is 0.369 e. The quantitative estimate of drug-likeness (QED) is 0.540. The fourth-order valence-electron chi connectivity index (χ4n) is 4.41. The van der Waals surface area contributed by atoms with Crippen LogP contribution in [0.25, 0.3) is 10.9 Å². The number of hydrogen-bond acceptors (Lipinski definition) is 6. The first kappa shape index (κ1) is 24.4. The summed E-state index contributed by atoms with van der Waals surface area (Å²) >= 11 is 0. The Balaban J connectivity index is 1.37. The van der Waals surface area contributed by atoms with Crippen LogP contribution >= 0.6 is 0 Å². The van der Waals surface area contributed by atoms with Gasteiger partial charge in [0.25, 0.3) is 0 Å². The molecule has 0 spiro atoms. The number of pyridine rings is 2. The number of alkyl halides is 3. The Kier molecular flexibility index (Phi) is 6.79. The maximum Gasteiger partial charge on any atom is 0.416 e. The lowest BCUT2D eigenvalue weighted by Gasteiger charge is -2.33. The molecule has 4 rings (SSSR count). The summed E-state index contributed by atoms with van der Waals surface area (Å²) in [6.07, 6.45) is -1.73. The number of fused-ring (bicyclic) bond motifs is 1. The highest BCUT2D eigenvalue weighted by Gasteiger charge is 2.34. The van der Waals surface area contributed by atoms with Crippen molar-refractivity contribution in [3.63, 3.8) is 0 Å². The number of rotatable bonds is 6. The second-order valence-electron chi connectivity index (χ2n) is 8.50. The lowest BCUT2D eigenvalue weighted by atomic mass is 9.88. The standard InChI is InChI=1S/C23H26F3N5O2S/c1-15-18-3-5-22(30-20(18)6-9-28-15)29-10-13-31-11-7-16(8-12-31)19-14-17(23(24,25)26)2-4-21(19)34(27,32)33/h2-6,9,14,16H,7-8,10-13H2,1H3,(H,29,30)(H2,27,32,33). The molecule has 3 heterocycles. The van der Waals surface area contributed by atoms with E-state index in [4.69, 9.17) is 5.14 Å². The van der Waals surface area contributed by atoms with Crippen LogP contribution in [-0.2, 0) is 16.2 Å². The van der Waals surface area contributed by atoms with E-state index in [1.54, 1.807) is 6.20 Å². The minimum Gasteiger partial charge on any atom is -0.369 e. The van der Waals surface area contributed by atoms with E-state index in [1.807, 2.05) is 25.1 Å². The van der Waals surface area contributed by atoms with Crippen LogP contribution in [0.3, 0.4) is 0 Å². The Morgan fingerprint density at radius 2 is 1.88 bits per heavy atom. The number of primary sulfonamides is 1. The van der Waals surface area contributed by atoms with Gasteiger partial charge >= 0.3 is 6.18 Å². The lowest BCUT2D eigenvalue weighted by molar-refractivity contribution is -0.137. The van der Waals surface area contributed by atoms with Crippen molar-refractivity contribution in [2.45, 2.75) is 36.8 Å². The van der Waals surface area contributed by atoms with Crippen LogP contribution in [0.5, 0.6) is 0 Å². The van der Waals surface area contributed by atoms with Crippen molar-refractivity contribution in [1.82, 2.24) is 14.9 Å². The number of nitrogens with one attached hydrogen (secondary N) is 1. The van der Waals surface area contributed by atoms with Gasteiger partial charge in [-0.15, -0.1) is 0 Å². The lowest BCUT2D eigenvalue weighted by Crippen LogP contribution is -2.36. The zero-order chi connectivity index (χ0) is 24.5. The molecule has 0 saturated carbocycles. The molecule has 2 aromatic heterocycles. The summed E-state index contributed by atoms with van der Waals surface area (Å²) in [5.41, 5.74) is 1.08. The molecule has 0 radical (unpaired) electrons. The number of nitrogens with two attached hydrogens (primary N) is 1. The predicted octanol–water partition coefficient (Wildman–Crippen LogP) is 3.90. The number of aryl methyl sites for hydroxylation is 1. The monoisotopic (exact) mass is 493 g/mol. The number of nitrogens with zero attached hydrogens (tertiary/aromatic N) is 3. The Morgan fingerprint density at radius 1 is 1.15 bits per heavy atom. The van der Waals surface area contributed by atoms with Gasteiger partial charge in [0.2, 0.25) is 10.0 Å². The second kappa shape index (κ2) is 9.47. The highest BCUT2D eigenvalue weighted by Crippen LogP contribution is 2.37. The first-order valence-electron chi connectivity index (χ1n) is 10.9. The Hall–Kier alpha value is -2.76. The van der Waals surface area contributed by atoms with Crippen LogP contribution in [-0.4, -0.2) is 49.5 Å². The van der Waals surface area contributed by atoms with E-state index >= 15 is 0 Å². The third kappa shape index (κ3) is 5.48. The van der Waals surface area contributed by atoms with Gasteiger partial charge in [0.1, 0.15) is 5.82 Å². The molecule has 7 nitrogen and oxygen atoms in total. The third-order valence-electron chi connectivity index (χ3n) is 6.22. The zero-order valence-corrected chi connectivity index (χ0v) is 19.5. The molecule has 0 amide bonds. The summed E-state index contributed by atoms with van der Waals surface area (Å²) in [5, 5.41) is 9.59. The third-order valence-corrected chi connectivity index (χ3v) is 7.21. The molecular weight excluding hydrogens is 467 g/mol. The minimum atomic E-state index is -4.55. The summed E-state index contributed by atoms with van der Waals surface area (Å²) < 4.78 is 63.6. The molecule has 3 N–H and O–H groups in total. The summed E-state index contributed by atoms with van der Waals surface area (Å²) in [5.74, 6) is 0.452. The predicted molar refractivity (Wildman–Crippen MR) is 124 cm³/mol. The Morgan fingerprint density at radius 3 is 2.56 bits per heavy atom. The molecule has 11 heteroatoms. The number of piperidine rings is 1. The Bertz CT molecular complexity index is 1290. The van der Waals surface area contributed by atoms with Gasteiger partial charge in [-0.05, 0) is 80.7 Å². The SMILES string of the molecule is Cc1nccc2nc(NCCN3CCC(c4cc(C(F)(F)F)ccc4S(N)(=O)=O)CC3)ccc12. The molecule has 0 atom stereocenters. The van der Waals surface area contributed by atoms with Gasteiger partial charge in [-0.25, -0.2) is 18.5 Å². The highest BCUT2D eigenvalue weighted by molar-refractivity contribution is 7.89. The normalized spacial score (nSPS) is 16.1. The van der Waals surface area contributed by atoms with Gasteiger partial charge in [-0.1, -0.05) is 0 Å². The van der Waals surface area contributed by atoms with E-state index in [0.717, 1.165) is 47.2 Å². The van der Waals surface area contributed by atoms with Crippen molar-refractivity contribution < 1.29 is 21.6 Å². The molecule has 1 aliphatic rings. The highest BCUT2D eigenvalue weighted by atomic mass is 32.2. The van der Waals surface area contributed by atoms with Gasteiger partial charge < -0.3 is 10.2 Å². The summed E-state index contributed by atoms with van der Waals surface area (Å²) in [7, 11) is -4.12. The van der Waals surface area contributed by atoms with Gasteiger partial charge in [0.05, 0.1) is 16.0 Å². The summed E-state index contributed by atoms with van der Waals surface area (Å²) in [4.78, 5) is 10.8. The van der Waals surface area contributed by atoms with Crippen LogP contribution in [0.1, 0.15) is 35.6 Å². The average molecular weight is 494 g/mol. The van der Waals surface area contributed by atoms with Gasteiger partial charge in [0.15, 0.2) is 0 Å². The van der Waals surface area contributed by atoms with Gasteiger partial charge in [-0.3, -0.25) is 4.98 Å². The molecule has 1 aromatic carbocycles. The topological polar surface area (TPSA) is 101 Å². The fraction of sp³-hybridized carbons (Fsp3) is 0.391. The van der Waals surface area contributed by atoms with E-state index in [9.17, 15) is 21.6 Å². The number of benzene rings is 1. The summed E-state index contributed by atoms with van der Waals surface area (Å²) in [6.45, 7) is 4.60. The van der Waals surface area contributed by atoms with E-state index in [-0.39, 0.29) is 16.4 Å². The Labute approximate surface area is 196 Å². The summed E-state index contributed by atoms with van der Waals surface area (Å²) in [6, 6.07) is 8.43. The van der Waals surface area contributed by atoms with E-state index < -0.39 is 21.8 Å². The molecule has 1 fully saturated rings. The number of aromatic nitrogens is 2.